The second kappa shape index (κ2) is 6.66. The zero-order valence-electron chi connectivity index (χ0n) is 15.1. The average molecular weight is 377 g/mol. The molecule has 1 aliphatic heterocycles. The summed E-state index contributed by atoms with van der Waals surface area (Å²) in [4.78, 5) is 49.6. The number of rotatable bonds is 4. The van der Waals surface area contributed by atoms with Crippen molar-refractivity contribution in [3.8, 4) is 17.1 Å². The number of aromatic nitrogens is 2. The summed E-state index contributed by atoms with van der Waals surface area (Å²) in [6, 6.07) is 13.4. The molecule has 0 spiro atoms. The lowest BCUT2D eigenvalue weighted by atomic mass is 10.1. The summed E-state index contributed by atoms with van der Waals surface area (Å²) < 4.78 is 5.19. The van der Waals surface area contributed by atoms with Crippen LogP contribution in [0, 0.1) is 6.92 Å². The van der Waals surface area contributed by atoms with Crippen molar-refractivity contribution >= 4 is 17.8 Å². The summed E-state index contributed by atoms with van der Waals surface area (Å²) in [6.07, 6.45) is 0. The summed E-state index contributed by atoms with van der Waals surface area (Å²) >= 11 is 0. The van der Waals surface area contributed by atoms with Crippen LogP contribution in [-0.2, 0) is 4.84 Å². The molecule has 3 aromatic rings. The Balaban J connectivity index is 1.59. The number of ether oxygens (including phenoxy) is 1. The Kier molecular flexibility index (Phi) is 4.15. The van der Waals surface area contributed by atoms with Crippen LogP contribution in [0.4, 0.5) is 0 Å². The van der Waals surface area contributed by atoms with E-state index in [1.807, 2.05) is 0 Å². The lowest BCUT2D eigenvalue weighted by molar-refractivity contribution is -0.0588. The average Bonchev–Trinajstić information content (AvgIpc) is 3.22. The van der Waals surface area contributed by atoms with E-state index in [0.29, 0.717) is 27.9 Å². The van der Waals surface area contributed by atoms with Crippen LogP contribution in [0.15, 0.2) is 48.5 Å². The molecule has 0 saturated heterocycles. The smallest absolute Gasteiger partial charge is 0.384 e. The van der Waals surface area contributed by atoms with Crippen LogP contribution in [0.1, 0.15) is 36.9 Å². The molecule has 2 heterocycles. The number of amides is 2. The number of hydrogen-bond acceptors (Lipinski definition) is 6. The number of nitrogens with one attached hydrogen (secondary N) is 1. The molecule has 1 aliphatic rings. The Morgan fingerprint density at radius 1 is 1.04 bits per heavy atom. The van der Waals surface area contributed by atoms with Gasteiger partial charge in [-0.15, -0.1) is 0 Å². The molecular formula is C20H15N3O5. The summed E-state index contributed by atoms with van der Waals surface area (Å²) in [5, 5.41) is 0.465. The third-order valence-electron chi connectivity index (χ3n) is 4.35. The van der Waals surface area contributed by atoms with E-state index in [1.165, 1.54) is 12.1 Å². The number of benzene rings is 2. The molecule has 2 aromatic carbocycles. The predicted octanol–water partition coefficient (Wildman–Crippen LogP) is 2.76. The number of hydrogen-bond donors (Lipinski definition) is 1. The Labute approximate surface area is 159 Å². The number of imidazole rings is 1. The highest BCUT2D eigenvalue weighted by molar-refractivity contribution is 6.21. The second-order valence-corrected chi connectivity index (χ2v) is 6.12. The number of carbonyl (C=O) groups excluding carboxylic acids is 3. The molecule has 1 N–H and O–H groups in total. The van der Waals surface area contributed by atoms with Crippen LogP contribution in [0.2, 0.25) is 0 Å². The number of carbonyl (C=O) groups is 3. The number of fused-ring (bicyclic) bond motifs is 1. The van der Waals surface area contributed by atoms with Gasteiger partial charge in [0.05, 0.1) is 18.2 Å². The van der Waals surface area contributed by atoms with Crippen molar-refractivity contribution in [3.63, 3.8) is 0 Å². The molecule has 1 aromatic heterocycles. The van der Waals surface area contributed by atoms with Gasteiger partial charge in [0.15, 0.2) is 5.69 Å². The Bertz CT molecular complexity index is 1080. The first kappa shape index (κ1) is 17.5. The fourth-order valence-corrected chi connectivity index (χ4v) is 2.94. The summed E-state index contributed by atoms with van der Waals surface area (Å²) in [7, 11) is 1.55. The molecule has 140 valence electrons. The first-order valence-corrected chi connectivity index (χ1v) is 8.40. The number of H-pyrrole nitrogens is 1. The lowest BCUT2D eigenvalue weighted by Crippen LogP contribution is -2.33. The third kappa shape index (κ3) is 2.81. The number of aryl methyl sites for hydroxylation is 1. The minimum Gasteiger partial charge on any atom is -0.497 e. The van der Waals surface area contributed by atoms with Gasteiger partial charge in [0.2, 0.25) is 0 Å². The van der Waals surface area contributed by atoms with Crippen LogP contribution < -0.4 is 4.74 Å². The maximum atomic E-state index is 12.6. The van der Waals surface area contributed by atoms with Crippen LogP contribution in [0.3, 0.4) is 0 Å². The molecule has 8 heteroatoms. The SMILES string of the molecule is COc1cccc(-c2nc(C(=O)ON3C(=O)c4ccccc4C3=O)c(C)[nH]2)c1. The molecule has 28 heavy (non-hydrogen) atoms. The van der Waals surface area contributed by atoms with Gasteiger partial charge in [0.25, 0.3) is 11.8 Å². The van der Waals surface area contributed by atoms with Crippen molar-refractivity contribution in [3.05, 3.63) is 71.0 Å². The normalized spacial score (nSPS) is 12.9. The molecule has 2 amide bonds. The van der Waals surface area contributed by atoms with Gasteiger partial charge in [0.1, 0.15) is 11.6 Å². The Hall–Kier alpha value is -3.94. The number of aromatic amines is 1. The van der Waals surface area contributed by atoms with E-state index in [2.05, 4.69) is 9.97 Å². The molecule has 0 aliphatic carbocycles. The zero-order valence-corrected chi connectivity index (χ0v) is 15.1. The second-order valence-electron chi connectivity index (χ2n) is 6.12. The molecular weight excluding hydrogens is 362 g/mol. The van der Waals surface area contributed by atoms with E-state index < -0.39 is 17.8 Å². The Morgan fingerprint density at radius 2 is 1.71 bits per heavy atom. The number of imide groups is 1. The van der Waals surface area contributed by atoms with Gasteiger partial charge in [-0.25, -0.2) is 9.78 Å². The topological polar surface area (TPSA) is 102 Å². The van der Waals surface area contributed by atoms with E-state index in [1.54, 1.807) is 50.4 Å². The lowest BCUT2D eigenvalue weighted by Gasteiger charge is -2.11. The fourth-order valence-electron chi connectivity index (χ4n) is 2.94. The molecule has 0 atom stereocenters. The number of methoxy groups -OCH3 is 1. The van der Waals surface area contributed by atoms with E-state index in [0.717, 1.165) is 0 Å². The summed E-state index contributed by atoms with van der Waals surface area (Å²) in [5.41, 5.74) is 1.52. The molecule has 8 nitrogen and oxygen atoms in total. The zero-order chi connectivity index (χ0) is 19.8. The molecule has 0 unspecified atom stereocenters. The fraction of sp³-hybridized carbons (Fsp3) is 0.100. The summed E-state index contributed by atoms with van der Waals surface area (Å²) in [5.74, 6) is -1.20. The van der Waals surface area contributed by atoms with E-state index in [-0.39, 0.29) is 16.8 Å². The molecule has 0 radical (unpaired) electrons. The first-order valence-electron chi connectivity index (χ1n) is 8.40. The molecule has 0 fully saturated rings. The van der Waals surface area contributed by atoms with Gasteiger partial charge < -0.3 is 14.6 Å². The van der Waals surface area contributed by atoms with Crippen LogP contribution in [0.25, 0.3) is 11.4 Å². The maximum absolute atomic E-state index is 12.6. The molecule has 0 saturated carbocycles. The highest BCUT2D eigenvalue weighted by atomic mass is 16.7. The highest BCUT2D eigenvalue weighted by Gasteiger charge is 2.39. The van der Waals surface area contributed by atoms with E-state index >= 15 is 0 Å². The van der Waals surface area contributed by atoms with E-state index in [9.17, 15) is 14.4 Å². The first-order chi connectivity index (χ1) is 13.5. The van der Waals surface area contributed by atoms with Crippen LogP contribution in [-0.4, -0.2) is 39.9 Å². The van der Waals surface area contributed by atoms with Crippen molar-refractivity contribution in [2.24, 2.45) is 0 Å². The quantitative estimate of drug-likeness (QED) is 0.702. The van der Waals surface area contributed by atoms with Gasteiger partial charge in [-0.2, -0.15) is 0 Å². The van der Waals surface area contributed by atoms with Crippen molar-refractivity contribution in [2.45, 2.75) is 6.92 Å². The minimum atomic E-state index is -0.905. The van der Waals surface area contributed by atoms with Gasteiger partial charge in [0, 0.05) is 11.3 Å². The third-order valence-corrected chi connectivity index (χ3v) is 4.35. The predicted molar refractivity (Wildman–Crippen MR) is 97.7 cm³/mol. The van der Waals surface area contributed by atoms with Crippen LogP contribution >= 0.6 is 0 Å². The highest BCUT2D eigenvalue weighted by Crippen LogP contribution is 2.25. The van der Waals surface area contributed by atoms with Gasteiger partial charge in [-0.1, -0.05) is 29.3 Å². The number of nitrogens with zero attached hydrogens (tertiary/aromatic N) is 2. The minimum absolute atomic E-state index is 0.0191. The molecule has 4 rings (SSSR count). The molecule has 0 bridgehead atoms. The van der Waals surface area contributed by atoms with Gasteiger partial charge >= 0.3 is 5.97 Å². The monoisotopic (exact) mass is 377 g/mol. The van der Waals surface area contributed by atoms with Crippen molar-refractivity contribution in [1.29, 1.82) is 0 Å². The van der Waals surface area contributed by atoms with Crippen molar-refractivity contribution in [1.82, 2.24) is 15.0 Å². The summed E-state index contributed by atoms with van der Waals surface area (Å²) in [6.45, 7) is 1.65. The Morgan fingerprint density at radius 3 is 2.36 bits per heavy atom. The van der Waals surface area contributed by atoms with Gasteiger partial charge in [-0.3, -0.25) is 9.59 Å². The van der Waals surface area contributed by atoms with Crippen LogP contribution in [0.5, 0.6) is 5.75 Å². The number of hydroxylamine groups is 2. The van der Waals surface area contributed by atoms with E-state index in [4.69, 9.17) is 9.57 Å². The van der Waals surface area contributed by atoms with Gasteiger partial charge in [-0.05, 0) is 31.2 Å². The maximum Gasteiger partial charge on any atom is 0.384 e. The van der Waals surface area contributed by atoms with Crippen molar-refractivity contribution < 1.29 is 24.0 Å². The van der Waals surface area contributed by atoms with Crippen molar-refractivity contribution in [2.75, 3.05) is 7.11 Å². The largest absolute Gasteiger partial charge is 0.497 e. The standard InChI is InChI=1S/C20H15N3O5/c1-11-16(22-17(21-11)12-6-5-7-13(10-12)27-2)20(26)28-23-18(24)14-8-3-4-9-15(14)19(23)25/h3-10H,1-2H3,(H,21,22).